The summed E-state index contributed by atoms with van der Waals surface area (Å²) in [5.74, 6) is -0.147. The van der Waals surface area contributed by atoms with Gasteiger partial charge in [-0.1, -0.05) is 30.4 Å². The molecule has 0 aromatic heterocycles. The van der Waals surface area contributed by atoms with E-state index in [4.69, 9.17) is 9.47 Å². The second-order valence-electron chi connectivity index (χ2n) is 8.60. The highest BCUT2D eigenvalue weighted by Crippen LogP contribution is 2.52. The van der Waals surface area contributed by atoms with E-state index in [0.29, 0.717) is 26.2 Å². The number of carbonyl (C=O) groups is 2. The number of hydrogen-bond acceptors (Lipinski definition) is 6. The minimum Gasteiger partial charge on any atom is -0.492 e. The van der Waals surface area contributed by atoms with Gasteiger partial charge in [-0.3, -0.25) is 20.4 Å². The molecule has 1 aromatic rings. The monoisotopic (exact) mass is 412 g/mol. The molecule has 5 atom stereocenters. The SMILES string of the molecule is CN(CC1CCNN1)C(=O)C1C2C(=O)N(CCOc3ccccc3)C[C@]23C=C[C@H]1O3. The molecule has 160 valence electrons. The van der Waals surface area contributed by atoms with Gasteiger partial charge in [0.25, 0.3) is 0 Å². The summed E-state index contributed by atoms with van der Waals surface area (Å²) in [4.78, 5) is 30.1. The van der Waals surface area contributed by atoms with Crippen molar-refractivity contribution in [1.29, 1.82) is 0 Å². The largest absolute Gasteiger partial charge is 0.492 e. The Morgan fingerprint density at radius 3 is 2.97 bits per heavy atom. The van der Waals surface area contributed by atoms with Gasteiger partial charge in [-0.05, 0) is 18.6 Å². The van der Waals surface area contributed by atoms with Crippen LogP contribution >= 0.6 is 0 Å². The highest BCUT2D eigenvalue weighted by molar-refractivity contribution is 5.93. The van der Waals surface area contributed by atoms with Crippen LogP contribution in [0.3, 0.4) is 0 Å². The summed E-state index contributed by atoms with van der Waals surface area (Å²) in [6.45, 7) is 2.87. The zero-order chi connectivity index (χ0) is 20.7. The molecule has 3 unspecified atom stereocenters. The zero-order valence-corrected chi connectivity index (χ0v) is 17.1. The molecule has 0 saturated carbocycles. The van der Waals surface area contributed by atoms with Crippen molar-refractivity contribution < 1.29 is 19.1 Å². The predicted molar refractivity (Wildman–Crippen MR) is 109 cm³/mol. The summed E-state index contributed by atoms with van der Waals surface area (Å²) in [6, 6.07) is 9.79. The van der Waals surface area contributed by atoms with Crippen molar-refractivity contribution in [3.05, 3.63) is 42.5 Å². The van der Waals surface area contributed by atoms with Crippen molar-refractivity contribution in [1.82, 2.24) is 20.7 Å². The topological polar surface area (TPSA) is 83.1 Å². The number of fused-ring (bicyclic) bond motifs is 1. The molecule has 8 heteroatoms. The number of nitrogens with zero attached hydrogens (tertiary/aromatic N) is 2. The van der Waals surface area contributed by atoms with Gasteiger partial charge in [0.1, 0.15) is 18.0 Å². The molecule has 4 aliphatic rings. The normalized spacial score (nSPS) is 33.9. The van der Waals surface area contributed by atoms with Gasteiger partial charge < -0.3 is 19.3 Å². The molecule has 1 aromatic carbocycles. The van der Waals surface area contributed by atoms with Crippen molar-refractivity contribution in [2.75, 3.05) is 39.8 Å². The second kappa shape index (κ2) is 7.68. The van der Waals surface area contributed by atoms with Gasteiger partial charge in [0, 0.05) is 26.2 Å². The predicted octanol–water partition coefficient (Wildman–Crippen LogP) is 0.172. The van der Waals surface area contributed by atoms with Crippen LogP contribution in [0.1, 0.15) is 6.42 Å². The lowest BCUT2D eigenvalue weighted by Gasteiger charge is -2.29. The average Bonchev–Trinajstić information content (AvgIpc) is 3.51. The molecule has 8 nitrogen and oxygen atoms in total. The third kappa shape index (κ3) is 3.29. The maximum atomic E-state index is 13.3. The molecule has 2 bridgehead atoms. The fourth-order valence-corrected chi connectivity index (χ4v) is 5.19. The number of benzene rings is 1. The first-order valence-corrected chi connectivity index (χ1v) is 10.6. The Bertz CT molecular complexity index is 841. The van der Waals surface area contributed by atoms with Crippen LogP contribution in [0.4, 0.5) is 0 Å². The zero-order valence-electron chi connectivity index (χ0n) is 17.1. The number of likely N-dealkylation sites (N-methyl/N-ethyl adjacent to an activating group) is 1. The number of likely N-dealkylation sites (tertiary alicyclic amines) is 1. The van der Waals surface area contributed by atoms with E-state index in [9.17, 15) is 9.59 Å². The first-order chi connectivity index (χ1) is 14.6. The van der Waals surface area contributed by atoms with E-state index in [1.54, 1.807) is 9.80 Å². The first-order valence-electron chi connectivity index (χ1n) is 10.6. The number of rotatable bonds is 7. The van der Waals surface area contributed by atoms with Crippen LogP contribution in [0.2, 0.25) is 0 Å². The molecule has 0 radical (unpaired) electrons. The van der Waals surface area contributed by atoms with Gasteiger partial charge in [-0.15, -0.1) is 0 Å². The van der Waals surface area contributed by atoms with Gasteiger partial charge in [-0.25, -0.2) is 0 Å². The van der Waals surface area contributed by atoms with Crippen LogP contribution in [0.5, 0.6) is 5.75 Å². The Morgan fingerprint density at radius 2 is 2.20 bits per heavy atom. The number of ether oxygens (including phenoxy) is 2. The smallest absolute Gasteiger partial charge is 0.230 e. The molecule has 4 heterocycles. The summed E-state index contributed by atoms with van der Waals surface area (Å²) >= 11 is 0. The van der Waals surface area contributed by atoms with E-state index in [2.05, 4.69) is 10.9 Å². The third-order valence-corrected chi connectivity index (χ3v) is 6.63. The van der Waals surface area contributed by atoms with E-state index < -0.39 is 17.4 Å². The number of hydrogen-bond donors (Lipinski definition) is 2. The number of para-hydroxylation sites is 1. The quantitative estimate of drug-likeness (QED) is 0.622. The summed E-state index contributed by atoms with van der Waals surface area (Å²) in [6.07, 6.45) is 4.61. The summed E-state index contributed by atoms with van der Waals surface area (Å²) < 4.78 is 12.0. The molecule has 2 amide bonds. The van der Waals surface area contributed by atoms with Gasteiger partial charge >= 0.3 is 0 Å². The molecule has 3 fully saturated rings. The van der Waals surface area contributed by atoms with Gasteiger partial charge in [0.05, 0.1) is 31.0 Å². The number of carbonyl (C=O) groups excluding carboxylic acids is 2. The lowest BCUT2D eigenvalue weighted by Crippen LogP contribution is -2.48. The number of amides is 2. The van der Waals surface area contributed by atoms with Crippen LogP contribution in [-0.2, 0) is 14.3 Å². The van der Waals surface area contributed by atoms with Crippen LogP contribution in [0.25, 0.3) is 0 Å². The molecular formula is C22H28N4O4. The van der Waals surface area contributed by atoms with Crippen LogP contribution in [0.15, 0.2) is 42.5 Å². The van der Waals surface area contributed by atoms with E-state index in [1.807, 2.05) is 49.5 Å². The third-order valence-electron chi connectivity index (χ3n) is 6.63. The maximum Gasteiger partial charge on any atom is 0.230 e. The van der Waals surface area contributed by atoms with Crippen molar-refractivity contribution in [3.8, 4) is 5.75 Å². The molecule has 5 rings (SSSR count). The fourth-order valence-electron chi connectivity index (χ4n) is 5.19. The molecule has 3 saturated heterocycles. The Hall–Kier alpha value is -2.42. The number of hydrazine groups is 1. The highest BCUT2D eigenvalue weighted by Gasteiger charge is 2.67. The molecular weight excluding hydrogens is 384 g/mol. The maximum absolute atomic E-state index is 13.3. The van der Waals surface area contributed by atoms with Crippen molar-refractivity contribution in [3.63, 3.8) is 0 Å². The summed E-state index contributed by atoms with van der Waals surface area (Å²) in [7, 11) is 1.82. The van der Waals surface area contributed by atoms with Gasteiger partial charge in [-0.2, -0.15) is 0 Å². The van der Waals surface area contributed by atoms with Crippen LogP contribution < -0.4 is 15.6 Å². The van der Waals surface area contributed by atoms with Gasteiger partial charge in [0.2, 0.25) is 11.8 Å². The molecule has 30 heavy (non-hydrogen) atoms. The minimum atomic E-state index is -0.678. The van der Waals surface area contributed by atoms with Gasteiger partial charge in [0.15, 0.2) is 0 Å². The van der Waals surface area contributed by atoms with Crippen molar-refractivity contribution in [2.24, 2.45) is 11.8 Å². The Labute approximate surface area is 176 Å². The molecule has 1 spiro atoms. The van der Waals surface area contributed by atoms with E-state index in [0.717, 1.165) is 18.7 Å². The van der Waals surface area contributed by atoms with E-state index >= 15 is 0 Å². The van der Waals surface area contributed by atoms with Crippen LogP contribution in [-0.4, -0.2) is 79.2 Å². The lowest BCUT2D eigenvalue weighted by atomic mass is 9.76. The fraction of sp³-hybridized carbons (Fsp3) is 0.545. The molecule has 0 aliphatic carbocycles. The molecule has 4 aliphatic heterocycles. The first kappa shape index (κ1) is 19.5. The standard InChI is InChI=1S/C22H28N4O4/c1-25(13-15-8-10-23-24-15)20(27)18-17-7-9-22(30-17)14-26(21(28)19(18)22)11-12-29-16-5-3-2-4-6-16/h2-7,9,15,17-19,23-24H,8,10-14H2,1H3/t15?,17-,18?,19?,22-/m1/s1. The minimum absolute atomic E-state index is 0.00841. The Kier molecular flexibility index (Phi) is 5.00. The number of nitrogens with one attached hydrogen (secondary N) is 2. The average molecular weight is 412 g/mol. The Balaban J connectivity index is 1.24. The summed E-state index contributed by atoms with van der Waals surface area (Å²) in [5, 5.41) is 0. The lowest BCUT2D eigenvalue weighted by molar-refractivity contribution is -0.142. The van der Waals surface area contributed by atoms with Crippen molar-refractivity contribution in [2.45, 2.75) is 24.2 Å². The highest BCUT2D eigenvalue weighted by atomic mass is 16.5. The molecule has 2 N–H and O–H groups in total. The van der Waals surface area contributed by atoms with E-state index in [1.165, 1.54) is 0 Å². The van der Waals surface area contributed by atoms with Crippen LogP contribution in [0, 0.1) is 11.8 Å². The van der Waals surface area contributed by atoms with Crippen molar-refractivity contribution >= 4 is 11.8 Å². The van der Waals surface area contributed by atoms with E-state index in [-0.39, 0.29) is 24.0 Å². The summed E-state index contributed by atoms with van der Waals surface area (Å²) in [5.41, 5.74) is 5.61. The second-order valence-corrected chi connectivity index (χ2v) is 8.60. The Morgan fingerprint density at radius 1 is 1.37 bits per heavy atom.